The molecule has 0 aromatic heterocycles. The van der Waals surface area contributed by atoms with Crippen molar-refractivity contribution in [1.82, 2.24) is 4.31 Å². The number of carboxylic acids is 1. The Labute approximate surface area is 123 Å². The lowest BCUT2D eigenvalue weighted by Crippen LogP contribution is -2.54. The van der Waals surface area contributed by atoms with Crippen LogP contribution in [-0.2, 0) is 14.8 Å². The van der Waals surface area contributed by atoms with Gasteiger partial charge in [-0.25, -0.2) is 8.42 Å². The average Bonchev–Trinajstić information content (AvgIpc) is 2.27. The Morgan fingerprint density at radius 3 is 2.62 bits per heavy atom. The Bertz CT molecular complexity index is 667. The van der Waals surface area contributed by atoms with Crippen LogP contribution in [0.15, 0.2) is 23.1 Å². The van der Waals surface area contributed by atoms with E-state index in [0.717, 1.165) is 12.1 Å². The van der Waals surface area contributed by atoms with E-state index in [1.807, 2.05) is 0 Å². The zero-order valence-corrected chi connectivity index (χ0v) is 11.9. The minimum Gasteiger partial charge on any atom is -0.480 e. The van der Waals surface area contributed by atoms with E-state index >= 15 is 0 Å². The third kappa shape index (κ3) is 3.09. The number of halogens is 3. The Balaban J connectivity index is 2.44. The van der Waals surface area contributed by atoms with Gasteiger partial charge in [0, 0.05) is 11.6 Å². The summed E-state index contributed by atoms with van der Waals surface area (Å²) in [5.41, 5.74) is 0. The number of carbonyl (C=O) groups is 1. The molecule has 2 rings (SSSR count). The van der Waals surface area contributed by atoms with Crippen molar-refractivity contribution in [1.29, 1.82) is 0 Å². The lowest BCUT2D eigenvalue weighted by atomic mass is 10.1. The summed E-state index contributed by atoms with van der Waals surface area (Å²) in [6.45, 7) is -3.23. The number of rotatable bonds is 5. The Hall–Kier alpha value is -1.45. The van der Waals surface area contributed by atoms with E-state index in [-0.39, 0.29) is 18.0 Å². The largest absolute Gasteiger partial charge is 0.480 e. The number of nitrogens with zero attached hydrogens (tertiary/aromatic N) is 1. The van der Waals surface area contributed by atoms with Crippen molar-refractivity contribution in [3.05, 3.63) is 23.2 Å². The standard InChI is InChI=1S/C11H10ClF2NO5S/c12-6-1-2-8(20-11(13)14)9(5-6)21(18,19)15-4-3-7(15)10(16)17/h1-2,5,7,11H,3-4H2,(H,16,17). The second-order valence-corrected chi connectivity index (χ2v) is 6.52. The van der Waals surface area contributed by atoms with Gasteiger partial charge in [-0.1, -0.05) is 11.6 Å². The van der Waals surface area contributed by atoms with Crippen molar-refractivity contribution < 1.29 is 31.8 Å². The van der Waals surface area contributed by atoms with Crippen LogP contribution in [0.1, 0.15) is 6.42 Å². The summed E-state index contributed by atoms with van der Waals surface area (Å²) in [7, 11) is -4.29. The molecule has 21 heavy (non-hydrogen) atoms. The second kappa shape index (κ2) is 5.74. The van der Waals surface area contributed by atoms with Gasteiger partial charge in [0.05, 0.1) is 0 Å². The third-order valence-electron chi connectivity index (χ3n) is 2.96. The van der Waals surface area contributed by atoms with Gasteiger partial charge in [-0.2, -0.15) is 13.1 Å². The van der Waals surface area contributed by atoms with Crippen molar-refractivity contribution in [2.75, 3.05) is 6.54 Å². The van der Waals surface area contributed by atoms with Gasteiger partial charge < -0.3 is 9.84 Å². The van der Waals surface area contributed by atoms with Gasteiger partial charge >= 0.3 is 12.6 Å². The van der Waals surface area contributed by atoms with Gasteiger partial charge in [-0.05, 0) is 24.6 Å². The molecule has 1 aromatic carbocycles. The molecule has 0 spiro atoms. The lowest BCUT2D eigenvalue weighted by molar-refractivity contribution is -0.144. The molecule has 1 aromatic rings. The monoisotopic (exact) mass is 341 g/mol. The number of carboxylic acid groups (broad SMARTS) is 1. The van der Waals surface area contributed by atoms with Gasteiger partial charge in [0.1, 0.15) is 16.7 Å². The predicted molar refractivity (Wildman–Crippen MR) is 68.0 cm³/mol. The number of hydrogen-bond acceptors (Lipinski definition) is 4. The second-order valence-electron chi connectivity index (χ2n) is 4.23. The topological polar surface area (TPSA) is 83.9 Å². The van der Waals surface area contributed by atoms with Crippen LogP contribution in [0, 0.1) is 0 Å². The Kier molecular flexibility index (Phi) is 4.35. The van der Waals surface area contributed by atoms with Crippen LogP contribution in [-0.4, -0.2) is 43.0 Å². The molecule has 0 saturated carbocycles. The van der Waals surface area contributed by atoms with Crippen molar-refractivity contribution in [2.24, 2.45) is 0 Å². The van der Waals surface area contributed by atoms with Crippen LogP contribution < -0.4 is 4.74 Å². The molecule has 1 heterocycles. The van der Waals surface area contributed by atoms with Crippen molar-refractivity contribution in [3.8, 4) is 5.75 Å². The zero-order chi connectivity index (χ0) is 15.8. The molecule has 116 valence electrons. The first kappa shape index (κ1) is 15.9. The third-order valence-corrected chi connectivity index (χ3v) is 5.13. The molecular weight excluding hydrogens is 332 g/mol. The molecule has 1 N–H and O–H groups in total. The summed E-state index contributed by atoms with van der Waals surface area (Å²) in [6, 6.07) is 1.93. The average molecular weight is 342 g/mol. The van der Waals surface area contributed by atoms with Crippen LogP contribution in [0.25, 0.3) is 0 Å². The number of aliphatic carboxylic acids is 1. The van der Waals surface area contributed by atoms with E-state index in [9.17, 15) is 22.0 Å². The summed E-state index contributed by atoms with van der Waals surface area (Å²) in [6.07, 6.45) is 0.153. The Morgan fingerprint density at radius 2 is 2.14 bits per heavy atom. The number of benzene rings is 1. The van der Waals surface area contributed by atoms with Crippen LogP contribution in [0.2, 0.25) is 5.02 Å². The quantitative estimate of drug-likeness (QED) is 0.882. The highest BCUT2D eigenvalue weighted by Crippen LogP contribution is 2.34. The van der Waals surface area contributed by atoms with E-state index < -0.39 is 39.3 Å². The minimum atomic E-state index is -4.29. The smallest absolute Gasteiger partial charge is 0.387 e. The van der Waals surface area contributed by atoms with Crippen LogP contribution >= 0.6 is 11.6 Å². The summed E-state index contributed by atoms with van der Waals surface area (Å²) >= 11 is 5.68. The molecule has 1 fully saturated rings. The fourth-order valence-electron chi connectivity index (χ4n) is 1.90. The fraction of sp³-hybridized carbons (Fsp3) is 0.364. The molecule has 10 heteroatoms. The number of alkyl halides is 2. The molecule has 0 amide bonds. The number of ether oxygens (including phenoxy) is 1. The fourth-order valence-corrected chi connectivity index (χ4v) is 3.91. The van der Waals surface area contributed by atoms with Crippen LogP contribution in [0.3, 0.4) is 0 Å². The van der Waals surface area contributed by atoms with Gasteiger partial charge in [0.25, 0.3) is 0 Å². The first-order chi connectivity index (χ1) is 9.73. The van der Waals surface area contributed by atoms with E-state index in [1.54, 1.807) is 0 Å². The zero-order valence-electron chi connectivity index (χ0n) is 10.4. The van der Waals surface area contributed by atoms with E-state index in [4.69, 9.17) is 16.7 Å². The Morgan fingerprint density at radius 1 is 1.48 bits per heavy atom. The summed E-state index contributed by atoms with van der Waals surface area (Å²) < 4.78 is 54.3. The van der Waals surface area contributed by atoms with Crippen molar-refractivity contribution >= 4 is 27.6 Å². The molecule has 1 atom stereocenters. The van der Waals surface area contributed by atoms with Gasteiger partial charge in [-0.3, -0.25) is 4.79 Å². The summed E-state index contributed by atoms with van der Waals surface area (Å²) in [4.78, 5) is 10.3. The highest BCUT2D eigenvalue weighted by molar-refractivity contribution is 7.89. The number of sulfonamides is 1. The van der Waals surface area contributed by atoms with Crippen LogP contribution in [0.5, 0.6) is 5.75 Å². The molecule has 0 radical (unpaired) electrons. The van der Waals surface area contributed by atoms with Gasteiger partial charge in [0.15, 0.2) is 0 Å². The number of hydrogen-bond donors (Lipinski definition) is 1. The lowest BCUT2D eigenvalue weighted by Gasteiger charge is -2.36. The molecule has 0 bridgehead atoms. The maximum absolute atomic E-state index is 12.4. The highest BCUT2D eigenvalue weighted by Gasteiger charge is 2.44. The first-order valence-corrected chi connectivity index (χ1v) is 7.54. The normalized spacial score (nSPS) is 19.3. The van der Waals surface area contributed by atoms with Gasteiger partial charge in [-0.15, -0.1) is 0 Å². The molecular formula is C11H10ClF2NO5S. The molecule has 1 aliphatic heterocycles. The van der Waals surface area contributed by atoms with Crippen LogP contribution in [0.4, 0.5) is 8.78 Å². The molecule has 1 saturated heterocycles. The molecule has 1 unspecified atom stereocenters. The van der Waals surface area contributed by atoms with E-state index in [2.05, 4.69) is 4.74 Å². The van der Waals surface area contributed by atoms with Crippen molar-refractivity contribution in [3.63, 3.8) is 0 Å². The van der Waals surface area contributed by atoms with Gasteiger partial charge in [0.2, 0.25) is 10.0 Å². The first-order valence-electron chi connectivity index (χ1n) is 5.72. The maximum atomic E-state index is 12.4. The van der Waals surface area contributed by atoms with E-state index in [1.165, 1.54) is 6.07 Å². The molecule has 6 nitrogen and oxygen atoms in total. The molecule has 1 aliphatic rings. The SMILES string of the molecule is O=C(O)C1CCN1S(=O)(=O)c1cc(Cl)ccc1OC(F)F. The van der Waals surface area contributed by atoms with Crippen molar-refractivity contribution in [2.45, 2.75) is 24.0 Å². The highest BCUT2D eigenvalue weighted by atomic mass is 35.5. The van der Waals surface area contributed by atoms with E-state index in [0.29, 0.717) is 4.31 Å². The summed E-state index contributed by atoms with van der Waals surface area (Å²) in [5.74, 6) is -1.88. The molecule has 0 aliphatic carbocycles. The predicted octanol–water partition coefficient (Wildman–Crippen LogP) is 1.79. The minimum absolute atomic E-state index is 0.00240. The summed E-state index contributed by atoms with van der Waals surface area (Å²) in [5, 5.41) is 8.90. The maximum Gasteiger partial charge on any atom is 0.387 e.